The second kappa shape index (κ2) is 9.52. The second-order valence-corrected chi connectivity index (χ2v) is 12.3. The Hall–Kier alpha value is -0.200. The van der Waals surface area contributed by atoms with Crippen molar-refractivity contribution in [2.24, 2.45) is 23.2 Å². The highest BCUT2D eigenvalue weighted by atomic mass is 32.2. The molecule has 1 N–H and O–H groups in total. The number of halogens is 1. The third kappa shape index (κ3) is 4.69. The normalized spacial score (nSPS) is 45.3. The molecule has 6 heteroatoms. The molecule has 1 aliphatic heterocycles. The molecule has 2 aliphatic carbocycles. The van der Waals surface area contributed by atoms with Crippen LogP contribution in [-0.2, 0) is 14.6 Å². The van der Waals surface area contributed by atoms with Gasteiger partial charge >= 0.3 is 0 Å². The summed E-state index contributed by atoms with van der Waals surface area (Å²) in [7, 11) is -1.60. The molecule has 29 heavy (non-hydrogen) atoms. The van der Waals surface area contributed by atoms with Crippen LogP contribution in [-0.4, -0.2) is 50.0 Å². The SMILES string of the molecule is CCCC[C@]1(CC)CS(=O)(=O)C2CCC(OC)CC2[C@@H](C2CCC(F)CC2)[C@H]1O. The van der Waals surface area contributed by atoms with Crippen molar-refractivity contribution in [1.82, 2.24) is 0 Å². The second-order valence-electron chi connectivity index (χ2n) is 10.0. The van der Waals surface area contributed by atoms with E-state index in [1.165, 1.54) is 0 Å². The first-order chi connectivity index (χ1) is 13.8. The van der Waals surface area contributed by atoms with Gasteiger partial charge in [0.15, 0.2) is 9.84 Å². The quantitative estimate of drug-likeness (QED) is 0.661. The van der Waals surface area contributed by atoms with Crippen LogP contribution in [0.1, 0.15) is 84.5 Å². The number of ether oxygens (including phenoxy) is 1. The number of alkyl halides is 1. The summed E-state index contributed by atoms with van der Waals surface area (Å²) in [5.74, 6) is 0.163. The molecular formula is C23H41FO4S. The number of aliphatic hydroxyl groups excluding tert-OH is 1. The summed E-state index contributed by atoms with van der Waals surface area (Å²) in [6.07, 6.45) is 6.72. The fourth-order valence-corrected chi connectivity index (χ4v) is 9.60. The third-order valence-corrected chi connectivity index (χ3v) is 11.0. The molecule has 0 amide bonds. The minimum atomic E-state index is -3.31. The average molecular weight is 433 g/mol. The van der Waals surface area contributed by atoms with Gasteiger partial charge < -0.3 is 9.84 Å². The lowest BCUT2D eigenvalue weighted by molar-refractivity contribution is -0.0777. The van der Waals surface area contributed by atoms with Gasteiger partial charge in [-0.05, 0) is 75.5 Å². The minimum Gasteiger partial charge on any atom is -0.392 e. The lowest BCUT2D eigenvalue weighted by Gasteiger charge is -2.47. The van der Waals surface area contributed by atoms with Crippen LogP contribution in [0.3, 0.4) is 0 Å². The van der Waals surface area contributed by atoms with Gasteiger partial charge in [0.25, 0.3) is 0 Å². The monoisotopic (exact) mass is 432 g/mol. The van der Waals surface area contributed by atoms with E-state index in [4.69, 9.17) is 4.74 Å². The van der Waals surface area contributed by atoms with Gasteiger partial charge in [0, 0.05) is 12.5 Å². The highest BCUT2D eigenvalue weighted by Crippen LogP contribution is 2.53. The molecule has 3 aliphatic rings. The number of aliphatic hydroxyl groups is 1. The van der Waals surface area contributed by atoms with Gasteiger partial charge in [-0.3, -0.25) is 0 Å². The van der Waals surface area contributed by atoms with Crippen molar-refractivity contribution >= 4 is 9.84 Å². The number of sulfone groups is 1. The lowest BCUT2D eigenvalue weighted by atomic mass is 9.60. The van der Waals surface area contributed by atoms with E-state index in [2.05, 4.69) is 6.92 Å². The van der Waals surface area contributed by atoms with Crippen LogP contribution < -0.4 is 0 Å². The smallest absolute Gasteiger partial charge is 0.154 e. The maximum Gasteiger partial charge on any atom is 0.154 e. The third-order valence-electron chi connectivity index (χ3n) is 8.53. The lowest BCUT2D eigenvalue weighted by Crippen LogP contribution is -2.48. The highest BCUT2D eigenvalue weighted by molar-refractivity contribution is 7.92. The molecule has 0 bridgehead atoms. The van der Waals surface area contributed by atoms with E-state index < -0.39 is 27.5 Å². The highest BCUT2D eigenvalue weighted by Gasteiger charge is 2.56. The number of rotatable bonds is 6. The van der Waals surface area contributed by atoms with Crippen molar-refractivity contribution < 1.29 is 22.7 Å². The minimum absolute atomic E-state index is 0.0587. The van der Waals surface area contributed by atoms with Crippen molar-refractivity contribution in [3.05, 3.63) is 0 Å². The van der Waals surface area contributed by atoms with Crippen molar-refractivity contribution in [1.29, 1.82) is 0 Å². The number of methoxy groups -OCH3 is 1. The molecule has 4 nitrogen and oxygen atoms in total. The first kappa shape index (κ1) is 23.5. The summed E-state index contributed by atoms with van der Waals surface area (Å²) in [6, 6.07) is 0. The van der Waals surface area contributed by atoms with Crippen LogP contribution in [0.25, 0.3) is 0 Å². The Morgan fingerprint density at radius 1 is 1.10 bits per heavy atom. The van der Waals surface area contributed by atoms with E-state index in [0.29, 0.717) is 32.1 Å². The van der Waals surface area contributed by atoms with E-state index in [1.807, 2.05) is 6.92 Å². The topological polar surface area (TPSA) is 63.6 Å². The van der Waals surface area contributed by atoms with Crippen molar-refractivity contribution in [3.63, 3.8) is 0 Å². The van der Waals surface area contributed by atoms with Gasteiger partial charge in [0.1, 0.15) is 6.17 Å². The molecule has 3 rings (SSSR count). The van der Waals surface area contributed by atoms with Crippen LogP contribution in [0.2, 0.25) is 0 Å². The molecule has 0 aromatic carbocycles. The molecule has 3 fully saturated rings. The molecule has 0 spiro atoms. The van der Waals surface area contributed by atoms with Crippen molar-refractivity contribution in [2.75, 3.05) is 12.9 Å². The maximum absolute atomic E-state index is 13.9. The van der Waals surface area contributed by atoms with Gasteiger partial charge in [-0.15, -0.1) is 0 Å². The number of fused-ring (bicyclic) bond motifs is 1. The maximum atomic E-state index is 13.9. The molecule has 1 heterocycles. The van der Waals surface area contributed by atoms with Crippen molar-refractivity contribution in [3.8, 4) is 0 Å². The van der Waals surface area contributed by atoms with Crippen LogP contribution in [0.5, 0.6) is 0 Å². The molecule has 170 valence electrons. The number of hydrogen-bond donors (Lipinski definition) is 1. The van der Waals surface area contributed by atoms with Gasteiger partial charge in [-0.25, -0.2) is 12.8 Å². The van der Waals surface area contributed by atoms with E-state index in [9.17, 15) is 17.9 Å². The Morgan fingerprint density at radius 2 is 1.79 bits per heavy atom. The molecule has 0 aromatic heterocycles. The summed E-state index contributed by atoms with van der Waals surface area (Å²) in [5.41, 5.74) is -0.577. The summed E-state index contributed by atoms with van der Waals surface area (Å²) < 4.78 is 46.7. The first-order valence-corrected chi connectivity index (χ1v) is 13.6. The molecule has 0 aromatic rings. The Labute approximate surface area is 176 Å². The van der Waals surface area contributed by atoms with Crippen LogP contribution >= 0.6 is 0 Å². The summed E-state index contributed by atoms with van der Waals surface area (Å²) in [4.78, 5) is 0. The zero-order chi connectivity index (χ0) is 21.2. The van der Waals surface area contributed by atoms with Crippen LogP contribution in [0, 0.1) is 23.2 Å². The predicted molar refractivity (Wildman–Crippen MR) is 114 cm³/mol. The van der Waals surface area contributed by atoms with E-state index in [1.54, 1.807) is 7.11 Å². The van der Waals surface area contributed by atoms with E-state index >= 15 is 0 Å². The van der Waals surface area contributed by atoms with Crippen molar-refractivity contribution in [2.45, 2.75) is 108 Å². The fraction of sp³-hybridized carbons (Fsp3) is 1.00. The fourth-order valence-electron chi connectivity index (χ4n) is 6.75. The zero-order valence-corrected chi connectivity index (χ0v) is 19.3. The number of hydrogen-bond acceptors (Lipinski definition) is 4. The molecule has 6 atom stereocenters. The average Bonchev–Trinajstić information content (AvgIpc) is 2.78. The Balaban J connectivity index is 2.03. The molecule has 1 saturated heterocycles. The molecule has 0 radical (unpaired) electrons. The Kier molecular flexibility index (Phi) is 7.70. The molecule has 3 unspecified atom stereocenters. The summed E-state index contributed by atoms with van der Waals surface area (Å²) in [5, 5.41) is 11.5. The van der Waals surface area contributed by atoms with Crippen LogP contribution in [0.15, 0.2) is 0 Å². The number of unbranched alkanes of at least 4 members (excludes halogenated alkanes) is 1. The van der Waals surface area contributed by atoms with Gasteiger partial charge in [0.05, 0.1) is 23.2 Å². The largest absolute Gasteiger partial charge is 0.392 e. The van der Waals surface area contributed by atoms with Gasteiger partial charge in [-0.1, -0.05) is 26.7 Å². The summed E-state index contributed by atoms with van der Waals surface area (Å²) >= 11 is 0. The standard InChI is InChI=1S/C23H41FO4S/c1-4-6-13-23(5-2)15-29(26,27)20-12-11-18(28-3)14-19(20)21(22(23)25)16-7-9-17(24)10-8-16/h16-22,25H,4-15H2,1-3H3/t16?,17?,18?,19?,20?,21-,22-,23-/m1/s1. The molecule has 2 saturated carbocycles. The van der Waals surface area contributed by atoms with Gasteiger partial charge in [-0.2, -0.15) is 0 Å². The zero-order valence-electron chi connectivity index (χ0n) is 18.5. The van der Waals surface area contributed by atoms with E-state index in [0.717, 1.165) is 38.5 Å². The Morgan fingerprint density at radius 3 is 2.38 bits per heavy atom. The van der Waals surface area contributed by atoms with Crippen LogP contribution in [0.4, 0.5) is 4.39 Å². The first-order valence-electron chi connectivity index (χ1n) is 11.8. The van der Waals surface area contributed by atoms with E-state index in [-0.39, 0.29) is 34.9 Å². The Bertz CT molecular complexity index is 631. The predicted octanol–water partition coefficient (Wildman–Crippen LogP) is 4.69. The summed E-state index contributed by atoms with van der Waals surface area (Å²) in [6.45, 7) is 4.15. The molecular weight excluding hydrogens is 391 g/mol. The van der Waals surface area contributed by atoms with Gasteiger partial charge in [0.2, 0.25) is 0 Å².